The number of hydrogen-bond acceptors (Lipinski definition) is 2. The Morgan fingerprint density at radius 2 is 1.39 bits per heavy atom. The van der Waals surface area contributed by atoms with E-state index in [-0.39, 0.29) is 0 Å². The fraction of sp³-hybridized carbons (Fsp3) is 0.0952. The summed E-state index contributed by atoms with van der Waals surface area (Å²) in [6.07, 6.45) is 0. The van der Waals surface area contributed by atoms with Crippen molar-refractivity contribution in [2.45, 2.75) is 0 Å². The lowest BCUT2D eigenvalue weighted by atomic mass is 9.95. The van der Waals surface area contributed by atoms with E-state index >= 15 is 0 Å². The first-order chi connectivity index (χ1) is 11.2. The smallest absolute Gasteiger partial charge is 0.129 e. The molecular formula is C21H18N2. The van der Waals surface area contributed by atoms with Crippen molar-refractivity contribution in [3.8, 4) is 11.1 Å². The Morgan fingerprint density at radius 3 is 2.22 bits per heavy atom. The van der Waals surface area contributed by atoms with Crippen LogP contribution in [0.25, 0.3) is 32.8 Å². The minimum Gasteiger partial charge on any atom is -0.363 e. The quantitative estimate of drug-likeness (QED) is 0.510. The summed E-state index contributed by atoms with van der Waals surface area (Å²) in [6.45, 7) is 0. The molecule has 0 atom stereocenters. The van der Waals surface area contributed by atoms with Crippen LogP contribution in [-0.2, 0) is 0 Å². The first-order valence-corrected chi connectivity index (χ1v) is 7.79. The molecule has 23 heavy (non-hydrogen) atoms. The van der Waals surface area contributed by atoms with Crippen molar-refractivity contribution in [2.75, 3.05) is 19.0 Å². The summed E-state index contributed by atoms with van der Waals surface area (Å²) in [5, 5.41) is 3.72. The van der Waals surface area contributed by atoms with Crippen LogP contribution in [0.5, 0.6) is 0 Å². The summed E-state index contributed by atoms with van der Waals surface area (Å²) in [4.78, 5) is 6.82. The van der Waals surface area contributed by atoms with Gasteiger partial charge in [-0.1, -0.05) is 60.7 Å². The van der Waals surface area contributed by atoms with Crippen LogP contribution < -0.4 is 4.90 Å². The highest BCUT2D eigenvalue weighted by Crippen LogP contribution is 2.35. The highest BCUT2D eigenvalue weighted by Gasteiger charge is 2.11. The SMILES string of the molecule is CN(C)c1cc(-c2cccc3ccccc23)c2ccccc2n1. The number of fused-ring (bicyclic) bond motifs is 2. The van der Waals surface area contributed by atoms with Crippen molar-refractivity contribution in [1.29, 1.82) is 0 Å². The van der Waals surface area contributed by atoms with E-state index in [4.69, 9.17) is 4.98 Å². The van der Waals surface area contributed by atoms with Gasteiger partial charge in [0.1, 0.15) is 5.82 Å². The highest BCUT2D eigenvalue weighted by atomic mass is 15.1. The molecule has 0 fully saturated rings. The molecule has 112 valence electrons. The maximum Gasteiger partial charge on any atom is 0.129 e. The van der Waals surface area contributed by atoms with E-state index < -0.39 is 0 Å². The molecule has 0 radical (unpaired) electrons. The average molecular weight is 298 g/mol. The molecule has 0 aliphatic heterocycles. The highest BCUT2D eigenvalue weighted by molar-refractivity contribution is 6.05. The summed E-state index contributed by atoms with van der Waals surface area (Å²) >= 11 is 0. The van der Waals surface area contributed by atoms with Gasteiger partial charge in [0.25, 0.3) is 0 Å². The second-order valence-corrected chi connectivity index (χ2v) is 5.97. The van der Waals surface area contributed by atoms with Crippen molar-refractivity contribution >= 4 is 27.5 Å². The molecular weight excluding hydrogens is 280 g/mol. The van der Waals surface area contributed by atoms with Gasteiger partial charge in [-0.05, 0) is 34.0 Å². The van der Waals surface area contributed by atoms with E-state index in [2.05, 4.69) is 71.6 Å². The lowest BCUT2D eigenvalue weighted by Gasteiger charge is -2.16. The van der Waals surface area contributed by atoms with Gasteiger partial charge in [-0.2, -0.15) is 0 Å². The average Bonchev–Trinajstić information content (AvgIpc) is 2.60. The molecule has 4 rings (SSSR count). The Hall–Kier alpha value is -2.87. The number of nitrogens with zero attached hydrogens (tertiary/aromatic N) is 2. The van der Waals surface area contributed by atoms with Crippen LogP contribution in [0.1, 0.15) is 0 Å². The van der Waals surface area contributed by atoms with E-state index in [0.717, 1.165) is 11.3 Å². The van der Waals surface area contributed by atoms with Gasteiger partial charge in [-0.25, -0.2) is 4.98 Å². The second kappa shape index (κ2) is 5.40. The summed E-state index contributed by atoms with van der Waals surface area (Å²) in [5.74, 6) is 0.978. The Morgan fingerprint density at radius 1 is 0.696 bits per heavy atom. The summed E-state index contributed by atoms with van der Waals surface area (Å²) in [7, 11) is 4.06. The number of rotatable bonds is 2. The van der Waals surface area contributed by atoms with Gasteiger partial charge in [-0.3, -0.25) is 0 Å². The summed E-state index contributed by atoms with van der Waals surface area (Å²) in [5.41, 5.74) is 3.52. The normalized spacial score (nSPS) is 11.0. The molecule has 4 aromatic rings. The standard InChI is InChI=1S/C21H18N2/c1-23(2)21-14-19(18-11-5-6-13-20(18)22-21)17-12-7-9-15-8-3-4-10-16(15)17/h3-14H,1-2H3. The van der Waals surface area contributed by atoms with Gasteiger partial charge >= 0.3 is 0 Å². The van der Waals surface area contributed by atoms with E-state index in [1.54, 1.807) is 0 Å². The Labute approximate surface area is 136 Å². The van der Waals surface area contributed by atoms with E-state index in [0.29, 0.717) is 0 Å². The molecule has 3 aromatic carbocycles. The molecule has 0 saturated heterocycles. The number of anilines is 1. The fourth-order valence-electron chi connectivity index (χ4n) is 3.07. The van der Waals surface area contributed by atoms with E-state index in [1.165, 1.54) is 27.3 Å². The molecule has 0 N–H and O–H groups in total. The van der Waals surface area contributed by atoms with Gasteiger partial charge in [-0.15, -0.1) is 0 Å². The fourth-order valence-corrected chi connectivity index (χ4v) is 3.07. The van der Waals surface area contributed by atoms with Crippen LogP contribution in [0, 0.1) is 0 Å². The number of aromatic nitrogens is 1. The van der Waals surface area contributed by atoms with Gasteiger partial charge in [0, 0.05) is 19.5 Å². The molecule has 0 spiro atoms. The van der Waals surface area contributed by atoms with Crippen LogP contribution in [0.15, 0.2) is 72.8 Å². The zero-order valence-corrected chi connectivity index (χ0v) is 13.3. The van der Waals surface area contributed by atoms with Crippen LogP contribution in [0.2, 0.25) is 0 Å². The minimum atomic E-state index is 0.978. The van der Waals surface area contributed by atoms with Crippen molar-refractivity contribution in [2.24, 2.45) is 0 Å². The van der Waals surface area contributed by atoms with Gasteiger partial charge in [0.15, 0.2) is 0 Å². The Balaban J connectivity index is 2.11. The lowest BCUT2D eigenvalue weighted by molar-refractivity contribution is 1.08. The van der Waals surface area contributed by atoms with Gasteiger partial charge in [0.05, 0.1) is 5.52 Å². The first kappa shape index (κ1) is 13.8. The van der Waals surface area contributed by atoms with Gasteiger partial charge < -0.3 is 4.90 Å². The Kier molecular flexibility index (Phi) is 3.23. The second-order valence-electron chi connectivity index (χ2n) is 5.97. The largest absolute Gasteiger partial charge is 0.363 e. The summed E-state index contributed by atoms with van der Waals surface area (Å²) in [6, 6.07) is 25.6. The third-order valence-corrected chi connectivity index (χ3v) is 4.24. The monoisotopic (exact) mass is 298 g/mol. The topological polar surface area (TPSA) is 16.1 Å². The van der Waals surface area contributed by atoms with Crippen molar-refractivity contribution in [1.82, 2.24) is 4.98 Å². The van der Waals surface area contributed by atoms with Crippen LogP contribution in [0.4, 0.5) is 5.82 Å². The van der Waals surface area contributed by atoms with Crippen molar-refractivity contribution in [3.05, 3.63) is 72.8 Å². The molecule has 0 aliphatic rings. The molecule has 2 heteroatoms. The van der Waals surface area contributed by atoms with Gasteiger partial charge in [0.2, 0.25) is 0 Å². The first-order valence-electron chi connectivity index (χ1n) is 7.79. The summed E-state index contributed by atoms with van der Waals surface area (Å²) < 4.78 is 0. The van der Waals surface area contributed by atoms with Crippen LogP contribution in [0.3, 0.4) is 0 Å². The molecule has 0 aliphatic carbocycles. The number of benzene rings is 3. The zero-order chi connectivity index (χ0) is 15.8. The molecule has 0 bridgehead atoms. The number of pyridine rings is 1. The zero-order valence-electron chi connectivity index (χ0n) is 13.3. The molecule has 0 unspecified atom stereocenters. The number of para-hydroxylation sites is 1. The lowest BCUT2D eigenvalue weighted by Crippen LogP contribution is -2.10. The predicted molar refractivity (Wildman–Crippen MR) is 99.0 cm³/mol. The molecule has 1 heterocycles. The molecule has 2 nitrogen and oxygen atoms in total. The van der Waals surface area contributed by atoms with Crippen LogP contribution >= 0.6 is 0 Å². The maximum absolute atomic E-state index is 4.77. The number of hydrogen-bond donors (Lipinski definition) is 0. The van der Waals surface area contributed by atoms with Crippen molar-refractivity contribution < 1.29 is 0 Å². The molecule has 0 saturated carbocycles. The third kappa shape index (κ3) is 2.33. The Bertz CT molecular complexity index is 997. The van der Waals surface area contributed by atoms with Crippen LogP contribution in [-0.4, -0.2) is 19.1 Å². The minimum absolute atomic E-state index is 0.978. The predicted octanol–water partition coefficient (Wildman–Crippen LogP) is 5.12. The molecule has 1 aromatic heterocycles. The maximum atomic E-state index is 4.77. The third-order valence-electron chi connectivity index (χ3n) is 4.24. The molecule has 0 amide bonds. The van der Waals surface area contributed by atoms with E-state index in [1.807, 2.05) is 20.2 Å². The van der Waals surface area contributed by atoms with E-state index in [9.17, 15) is 0 Å². The van der Waals surface area contributed by atoms with Crippen molar-refractivity contribution in [3.63, 3.8) is 0 Å².